The summed E-state index contributed by atoms with van der Waals surface area (Å²) < 4.78 is 1.65. The van der Waals surface area contributed by atoms with Crippen LogP contribution in [0.2, 0.25) is 0 Å². The Morgan fingerprint density at radius 2 is 2.33 bits per heavy atom. The highest BCUT2D eigenvalue weighted by Crippen LogP contribution is 2.36. The molecule has 4 rings (SSSR count). The molecule has 3 aromatic heterocycles. The molecule has 140 valence electrons. The van der Waals surface area contributed by atoms with Gasteiger partial charge in [0.25, 0.3) is 5.56 Å². The molecule has 0 aromatic carbocycles. The van der Waals surface area contributed by atoms with Gasteiger partial charge in [-0.1, -0.05) is 24.8 Å². The van der Waals surface area contributed by atoms with E-state index in [0.717, 1.165) is 40.6 Å². The lowest BCUT2D eigenvalue weighted by atomic mass is 9.89. The van der Waals surface area contributed by atoms with Crippen LogP contribution in [0.1, 0.15) is 29.3 Å². The molecule has 0 saturated heterocycles. The Labute approximate surface area is 164 Å². The quantitative estimate of drug-likeness (QED) is 0.525. The van der Waals surface area contributed by atoms with Crippen LogP contribution < -0.4 is 11.3 Å². The molecule has 1 aliphatic rings. The zero-order chi connectivity index (χ0) is 19.0. The first-order chi connectivity index (χ1) is 13.0. The summed E-state index contributed by atoms with van der Waals surface area (Å²) in [6.45, 7) is 2.62. The minimum absolute atomic E-state index is 0.0390. The summed E-state index contributed by atoms with van der Waals surface area (Å²) in [4.78, 5) is 35.6. The van der Waals surface area contributed by atoms with Crippen molar-refractivity contribution in [1.82, 2.24) is 14.5 Å². The van der Waals surface area contributed by atoms with Crippen molar-refractivity contribution >= 4 is 39.2 Å². The van der Waals surface area contributed by atoms with Crippen LogP contribution in [0.25, 0.3) is 10.2 Å². The second kappa shape index (κ2) is 7.44. The molecule has 2 N–H and O–H groups in total. The molecule has 0 saturated carbocycles. The normalized spacial score (nSPS) is 16.4. The van der Waals surface area contributed by atoms with Gasteiger partial charge in [0.1, 0.15) is 4.83 Å². The van der Waals surface area contributed by atoms with Crippen LogP contribution in [0.15, 0.2) is 34.5 Å². The fourth-order valence-corrected chi connectivity index (χ4v) is 5.63. The summed E-state index contributed by atoms with van der Waals surface area (Å²) >= 11 is 2.83. The first kappa shape index (κ1) is 18.2. The summed E-state index contributed by atoms with van der Waals surface area (Å²) in [5.74, 6) is 0.293. The van der Waals surface area contributed by atoms with Gasteiger partial charge in [-0.05, 0) is 42.4 Å². The minimum Gasteiger partial charge on any atom is -0.369 e. The number of aromatic nitrogens is 3. The van der Waals surface area contributed by atoms with E-state index in [4.69, 9.17) is 10.7 Å². The number of hydrogen-bond acceptors (Lipinski definition) is 6. The Balaban J connectivity index is 1.86. The molecule has 1 atom stereocenters. The van der Waals surface area contributed by atoms with Gasteiger partial charge in [-0.25, -0.2) is 4.98 Å². The van der Waals surface area contributed by atoms with E-state index in [2.05, 4.69) is 11.9 Å². The van der Waals surface area contributed by atoms with Crippen LogP contribution in [0.5, 0.6) is 0 Å². The van der Waals surface area contributed by atoms with Gasteiger partial charge >= 0.3 is 0 Å². The maximum Gasteiger partial charge on any atom is 0.263 e. The number of aryl methyl sites for hydroxylation is 1. The molecule has 27 heavy (non-hydrogen) atoms. The van der Waals surface area contributed by atoms with E-state index >= 15 is 0 Å². The number of nitrogens with two attached hydrogens (primary N) is 1. The Morgan fingerprint density at radius 3 is 3.07 bits per heavy atom. The Hall–Kier alpha value is -2.19. The van der Waals surface area contributed by atoms with Crippen molar-refractivity contribution in [3.05, 3.63) is 50.9 Å². The largest absolute Gasteiger partial charge is 0.369 e. The molecule has 1 amide bonds. The van der Waals surface area contributed by atoms with Gasteiger partial charge < -0.3 is 5.73 Å². The standard InChI is InChI=1S/C19H20N4O2S2/c1-11-4-5-13-14(7-11)27-17-16(13)18(25)23(9-12-3-2-6-21-8-12)19(22-17)26-10-15(20)24/h2-3,6,8,11H,4-5,7,9-10H2,1H3,(H2,20,24)/t11-/m1/s1. The number of fused-ring (bicyclic) bond motifs is 3. The molecule has 0 spiro atoms. The molecule has 3 heterocycles. The second-order valence-corrected chi connectivity index (χ2v) is 8.96. The third-order valence-electron chi connectivity index (χ3n) is 4.79. The number of hydrogen-bond donors (Lipinski definition) is 1. The summed E-state index contributed by atoms with van der Waals surface area (Å²) in [6.07, 6.45) is 6.46. The van der Waals surface area contributed by atoms with E-state index in [9.17, 15) is 9.59 Å². The van der Waals surface area contributed by atoms with Crippen LogP contribution >= 0.6 is 23.1 Å². The molecule has 3 aromatic rings. The number of carbonyl (C=O) groups excluding carboxylic acids is 1. The van der Waals surface area contributed by atoms with Crippen LogP contribution in [0.3, 0.4) is 0 Å². The monoisotopic (exact) mass is 400 g/mol. The fourth-order valence-electron chi connectivity index (χ4n) is 3.46. The topological polar surface area (TPSA) is 90.9 Å². The van der Waals surface area contributed by atoms with E-state index in [1.807, 2.05) is 12.1 Å². The maximum atomic E-state index is 13.4. The number of pyridine rings is 1. The van der Waals surface area contributed by atoms with Crippen molar-refractivity contribution in [1.29, 1.82) is 0 Å². The molecule has 0 unspecified atom stereocenters. The highest BCUT2D eigenvalue weighted by molar-refractivity contribution is 7.99. The van der Waals surface area contributed by atoms with Crippen molar-refractivity contribution in [2.75, 3.05) is 5.75 Å². The van der Waals surface area contributed by atoms with Crippen molar-refractivity contribution < 1.29 is 4.79 Å². The van der Waals surface area contributed by atoms with Crippen LogP contribution in [-0.2, 0) is 24.2 Å². The summed E-state index contributed by atoms with van der Waals surface area (Å²) in [7, 11) is 0. The molecule has 0 aliphatic heterocycles. The molecule has 6 nitrogen and oxygen atoms in total. The average molecular weight is 401 g/mol. The lowest BCUT2D eigenvalue weighted by molar-refractivity contribution is -0.115. The first-order valence-electron chi connectivity index (χ1n) is 8.88. The van der Waals surface area contributed by atoms with Crippen molar-refractivity contribution in [2.24, 2.45) is 11.7 Å². The van der Waals surface area contributed by atoms with Crippen molar-refractivity contribution in [3.8, 4) is 0 Å². The van der Waals surface area contributed by atoms with Gasteiger partial charge in [-0.3, -0.25) is 19.1 Å². The summed E-state index contributed by atoms with van der Waals surface area (Å²) in [5.41, 5.74) is 7.35. The minimum atomic E-state index is -0.429. The lowest BCUT2D eigenvalue weighted by Crippen LogP contribution is -2.25. The van der Waals surface area contributed by atoms with Crippen LogP contribution in [-0.4, -0.2) is 26.2 Å². The number of thioether (sulfide) groups is 1. The van der Waals surface area contributed by atoms with E-state index in [0.29, 0.717) is 17.6 Å². The van der Waals surface area contributed by atoms with Gasteiger partial charge in [0.2, 0.25) is 5.91 Å². The average Bonchev–Trinajstić information content (AvgIpc) is 3.00. The van der Waals surface area contributed by atoms with Gasteiger partial charge in [-0.2, -0.15) is 0 Å². The lowest BCUT2D eigenvalue weighted by Gasteiger charge is -2.17. The summed E-state index contributed by atoms with van der Waals surface area (Å²) in [6, 6.07) is 3.77. The van der Waals surface area contributed by atoms with Crippen molar-refractivity contribution in [2.45, 2.75) is 37.9 Å². The highest BCUT2D eigenvalue weighted by Gasteiger charge is 2.25. The molecule has 0 radical (unpaired) electrons. The predicted octanol–water partition coefficient (Wildman–Crippen LogP) is 2.60. The molecule has 1 aliphatic carbocycles. The van der Waals surface area contributed by atoms with Gasteiger partial charge in [0, 0.05) is 17.3 Å². The number of nitrogens with zero attached hydrogens (tertiary/aromatic N) is 3. The van der Waals surface area contributed by atoms with Crippen molar-refractivity contribution in [3.63, 3.8) is 0 Å². The first-order valence-corrected chi connectivity index (χ1v) is 10.7. The second-order valence-electron chi connectivity index (χ2n) is 6.93. The third-order valence-corrected chi connectivity index (χ3v) is 6.93. The number of primary amides is 1. The summed E-state index contributed by atoms with van der Waals surface area (Å²) in [5, 5.41) is 1.27. The van der Waals surface area contributed by atoms with Gasteiger partial charge in [-0.15, -0.1) is 11.3 Å². The number of carbonyl (C=O) groups is 1. The zero-order valence-electron chi connectivity index (χ0n) is 15.0. The number of rotatable bonds is 5. The zero-order valence-corrected chi connectivity index (χ0v) is 16.6. The molecule has 0 bridgehead atoms. The SMILES string of the molecule is C[C@@H]1CCc2c(sc3nc(SCC(N)=O)n(Cc4cccnc4)c(=O)c23)C1. The number of amides is 1. The highest BCUT2D eigenvalue weighted by atomic mass is 32.2. The molecule has 8 heteroatoms. The van der Waals surface area contributed by atoms with E-state index in [-0.39, 0.29) is 11.3 Å². The Morgan fingerprint density at radius 1 is 1.48 bits per heavy atom. The Kier molecular flexibility index (Phi) is 5.01. The number of thiophene rings is 1. The third kappa shape index (κ3) is 3.64. The van der Waals surface area contributed by atoms with Gasteiger partial charge in [0.15, 0.2) is 5.16 Å². The maximum absolute atomic E-state index is 13.4. The Bertz CT molecular complexity index is 1060. The van der Waals surface area contributed by atoms with Gasteiger partial charge in [0.05, 0.1) is 17.7 Å². The predicted molar refractivity (Wildman–Crippen MR) is 108 cm³/mol. The van der Waals surface area contributed by atoms with E-state index < -0.39 is 5.91 Å². The van der Waals surface area contributed by atoms with Crippen LogP contribution in [0, 0.1) is 5.92 Å². The smallest absolute Gasteiger partial charge is 0.263 e. The molecule has 0 fully saturated rings. The molecular formula is C19H20N4O2S2. The van der Waals surface area contributed by atoms with E-state index in [1.54, 1.807) is 28.3 Å². The van der Waals surface area contributed by atoms with Crippen LogP contribution in [0.4, 0.5) is 0 Å². The van der Waals surface area contributed by atoms with E-state index in [1.165, 1.54) is 16.6 Å². The fraction of sp³-hybridized carbons (Fsp3) is 0.368. The molecular weight excluding hydrogens is 380 g/mol.